The number of hydrogen-bond acceptors (Lipinski definition) is 4. The monoisotopic (exact) mass is 226 g/mol. The molecule has 0 saturated heterocycles. The lowest BCUT2D eigenvalue weighted by Gasteiger charge is -1.95. The molecule has 0 atom stereocenters. The van der Waals surface area contributed by atoms with E-state index in [9.17, 15) is 14.4 Å². The van der Waals surface area contributed by atoms with Crippen LogP contribution in [0.2, 0.25) is 0 Å². The molecule has 0 aliphatic carbocycles. The van der Waals surface area contributed by atoms with Gasteiger partial charge in [-0.2, -0.15) is 0 Å². The summed E-state index contributed by atoms with van der Waals surface area (Å²) in [5.74, 6) is -3.04. The van der Waals surface area contributed by atoms with Gasteiger partial charge in [0, 0.05) is 4.88 Å². The fourth-order valence-corrected chi connectivity index (χ4v) is 2.18. The summed E-state index contributed by atoms with van der Waals surface area (Å²) < 4.78 is 0. The van der Waals surface area contributed by atoms with Crippen molar-refractivity contribution < 1.29 is 19.5 Å². The van der Waals surface area contributed by atoms with Gasteiger partial charge >= 0.3 is 5.97 Å². The van der Waals surface area contributed by atoms with Crippen LogP contribution in [0, 0.1) is 13.8 Å². The molecule has 0 unspecified atom stereocenters. The van der Waals surface area contributed by atoms with Crippen molar-refractivity contribution in [3.63, 3.8) is 0 Å². The normalized spacial score (nSPS) is 10.0. The summed E-state index contributed by atoms with van der Waals surface area (Å²) in [5, 5.41) is 8.35. The first kappa shape index (κ1) is 11.6. The molecule has 1 N–H and O–H groups in total. The van der Waals surface area contributed by atoms with Crippen molar-refractivity contribution in [2.45, 2.75) is 20.3 Å². The molecule has 0 spiro atoms. The first-order valence-electron chi connectivity index (χ1n) is 4.28. The Morgan fingerprint density at radius 2 is 1.93 bits per heavy atom. The van der Waals surface area contributed by atoms with Crippen LogP contribution in [0.15, 0.2) is 6.07 Å². The lowest BCUT2D eigenvalue weighted by molar-refractivity contribution is -0.148. The minimum atomic E-state index is -1.56. The van der Waals surface area contributed by atoms with Gasteiger partial charge in [-0.25, -0.2) is 4.79 Å². The lowest BCUT2D eigenvalue weighted by atomic mass is 10.1. The maximum absolute atomic E-state index is 11.5. The quantitative estimate of drug-likeness (QED) is 0.481. The Morgan fingerprint density at radius 1 is 1.33 bits per heavy atom. The predicted octanol–water partition coefficient (Wildman–Crippen LogP) is 1.59. The van der Waals surface area contributed by atoms with Gasteiger partial charge in [0.15, 0.2) is 5.78 Å². The zero-order valence-corrected chi connectivity index (χ0v) is 9.18. The number of ketones is 2. The standard InChI is InChI=1S/C10H10O4S/c1-5-3-6(2)15-9(5)7(11)4-8(12)10(13)14/h3H,4H2,1-2H3,(H,13,14). The van der Waals surface area contributed by atoms with Crippen LogP contribution in [0.5, 0.6) is 0 Å². The van der Waals surface area contributed by atoms with Crippen LogP contribution < -0.4 is 0 Å². The average Bonchev–Trinajstić information content (AvgIpc) is 2.44. The van der Waals surface area contributed by atoms with Crippen LogP contribution >= 0.6 is 11.3 Å². The summed E-state index contributed by atoms with van der Waals surface area (Å²) in [6, 6.07) is 1.84. The van der Waals surface area contributed by atoms with E-state index in [-0.39, 0.29) is 0 Å². The summed E-state index contributed by atoms with van der Waals surface area (Å²) >= 11 is 1.28. The second-order valence-electron chi connectivity index (χ2n) is 3.20. The SMILES string of the molecule is Cc1cc(C)c(C(=O)CC(=O)C(=O)O)s1. The highest BCUT2D eigenvalue weighted by molar-refractivity contribution is 7.14. The summed E-state index contributed by atoms with van der Waals surface area (Å²) in [6.07, 6.45) is -0.559. The Labute approximate surface area is 90.5 Å². The largest absolute Gasteiger partial charge is 0.475 e. The third-order valence-electron chi connectivity index (χ3n) is 1.85. The van der Waals surface area contributed by atoms with E-state index in [1.807, 2.05) is 13.0 Å². The molecular weight excluding hydrogens is 216 g/mol. The molecular formula is C10H10O4S. The van der Waals surface area contributed by atoms with Crippen molar-refractivity contribution >= 4 is 28.9 Å². The van der Waals surface area contributed by atoms with Crippen molar-refractivity contribution in [2.75, 3.05) is 0 Å². The number of aryl methyl sites for hydroxylation is 2. The highest BCUT2D eigenvalue weighted by Crippen LogP contribution is 2.22. The van der Waals surface area contributed by atoms with Gasteiger partial charge < -0.3 is 5.11 Å². The number of carboxylic acid groups (broad SMARTS) is 1. The number of rotatable bonds is 4. The Kier molecular flexibility index (Phi) is 3.36. The van der Waals surface area contributed by atoms with Gasteiger partial charge in [0.2, 0.25) is 5.78 Å². The fourth-order valence-electron chi connectivity index (χ4n) is 1.22. The number of carboxylic acids is 1. The molecule has 1 aromatic rings. The smallest absolute Gasteiger partial charge is 0.372 e. The molecule has 0 fully saturated rings. The van der Waals surface area contributed by atoms with E-state index in [2.05, 4.69) is 0 Å². The Hall–Kier alpha value is -1.49. The predicted molar refractivity (Wildman–Crippen MR) is 55.4 cm³/mol. The zero-order valence-electron chi connectivity index (χ0n) is 8.36. The van der Waals surface area contributed by atoms with Crippen LogP contribution in [-0.2, 0) is 9.59 Å². The second kappa shape index (κ2) is 4.35. The Morgan fingerprint density at radius 3 is 2.33 bits per heavy atom. The molecule has 0 bridgehead atoms. The van der Waals surface area contributed by atoms with Gasteiger partial charge in [-0.05, 0) is 25.5 Å². The van der Waals surface area contributed by atoms with Crippen LogP contribution in [0.25, 0.3) is 0 Å². The minimum absolute atomic E-state index is 0.419. The van der Waals surface area contributed by atoms with Crippen molar-refractivity contribution in [1.82, 2.24) is 0 Å². The van der Waals surface area contributed by atoms with Gasteiger partial charge in [-0.1, -0.05) is 0 Å². The molecule has 0 aliphatic heterocycles. The maximum Gasteiger partial charge on any atom is 0.372 e. The Balaban J connectivity index is 2.82. The molecule has 5 heteroatoms. The van der Waals surface area contributed by atoms with E-state index in [1.54, 1.807) is 6.92 Å². The first-order valence-corrected chi connectivity index (χ1v) is 5.10. The summed E-state index contributed by atoms with van der Waals surface area (Å²) in [7, 11) is 0. The van der Waals surface area contributed by atoms with E-state index >= 15 is 0 Å². The van der Waals surface area contributed by atoms with Gasteiger partial charge in [0.05, 0.1) is 11.3 Å². The maximum atomic E-state index is 11.5. The molecule has 0 saturated carbocycles. The summed E-state index contributed by atoms with van der Waals surface area (Å²) in [5.41, 5.74) is 0.792. The number of aliphatic carboxylic acids is 1. The fraction of sp³-hybridized carbons (Fsp3) is 0.300. The Bertz CT molecular complexity index is 431. The van der Waals surface area contributed by atoms with Crippen molar-refractivity contribution in [3.8, 4) is 0 Å². The van der Waals surface area contributed by atoms with Crippen LogP contribution in [-0.4, -0.2) is 22.6 Å². The first-order chi connectivity index (χ1) is 6.91. The van der Waals surface area contributed by atoms with Crippen molar-refractivity contribution in [1.29, 1.82) is 0 Å². The molecule has 1 heterocycles. The van der Waals surface area contributed by atoms with Crippen molar-refractivity contribution in [3.05, 3.63) is 21.4 Å². The molecule has 0 amide bonds. The number of Topliss-reactive ketones (excluding diaryl/α,β-unsaturated/α-hetero) is 2. The second-order valence-corrected chi connectivity index (χ2v) is 4.45. The molecule has 80 valence electrons. The molecule has 0 aromatic carbocycles. The molecule has 15 heavy (non-hydrogen) atoms. The van der Waals surface area contributed by atoms with E-state index in [1.165, 1.54) is 11.3 Å². The van der Waals surface area contributed by atoms with E-state index in [0.29, 0.717) is 4.88 Å². The summed E-state index contributed by atoms with van der Waals surface area (Å²) in [4.78, 5) is 34.1. The lowest BCUT2D eigenvalue weighted by Crippen LogP contribution is -2.16. The number of carbonyl (C=O) groups excluding carboxylic acids is 2. The van der Waals surface area contributed by atoms with Gasteiger partial charge in [-0.15, -0.1) is 11.3 Å². The highest BCUT2D eigenvalue weighted by atomic mass is 32.1. The van der Waals surface area contributed by atoms with E-state index in [4.69, 9.17) is 5.11 Å². The topological polar surface area (TPSA) is 71.4 Å². The summed E-state index contributed by atoms with van der Waals surface area (Å²) in [6.45, 7) is 3.62. The molecule has 0 aliphatic rings. The van der Waals surface area contributed by atoms with Gasteiger partial charge in [0.1, 0.15) is 0 Å². The third-order valence-corrected chi connectivity index (χ3v) is 3.05. The highest BCUT2D eigenvalue weighted by Gasteiger charge is 2.20. The van der Waals surface area contributed by atoms with Crippen LogP contribution in [0.3, 0.4) is 0 Å². The molecule has 4 nitrogen and oxygen atoms in total. The van der Waals surface area contributed by atoms with Gasteiger partial charge in [0.25, 0.3) is 0 Å². The van der Waals surface area contributed by atoms with E-state index in [0.717, 1.165) is 10.4 Å². The van der Waals surface area contributed by atoms with E-state index < -0.39 is 24.0 Å². The number of thiophene rings is 1. The van der Waals surface area contributed by atoms with Gasteiger partial charge in [-0.3, -0.25) is 9.59 Å². The molecule has 0 radical (unpaired) electrons. The third kappa shape index (κ3) is 2.73. The molecule has 1 aromatic heterocycles. The van der Waals surface area contributed by atoms with Crippen molar-refractivity contribution in [2.24, 2.45) is 0 Å². The number of hydrogen-bond donors (Lipinski definition) is 1. The average molecular weight is 226 g/mol. The number of carbonyl (C=O) groups is 3. The molecule has 1 rings (SSSR count). The zero-order chi connectivity index (χ0) is 11.6. The van der Waals surface area contributed by atoms with Crippen LogP contribution in [0.4, 0.5) is 0 Å². The minimum Gasteiger partial charge on any atom is -0.475 e. The van der Waals surface area contributed by atoms with Crippen LogP contribution in [0.1, 0.15) is 26.5 Å².